The summed E-state index contributed by atoms with van der Waals surface area (Å²) >= 11 is 1.49. The van der Waals surface area contributed by atoms with Crippen LogP contribution < -0.4 is 4.90 Å². The lowest BCUT2D eigenvalue weighted by molar-refractivity contribution is 0.0741. The Bertz CT molecular complexity index is 962. The first kappa shape index (κ1) is 18.6. The average Bonchev–Trinajstić information content (AvgIpc) is 3.24. The summed E-state index contributed by atoms with van der Waals surface area (Å²) in [7, 11) is 0. The maximum absolute atomic E-state index is 14.0. The van der Waals surface area contributed by atoms with Gasteiger partial charge in [-0.15, -0.1) is 11.3 Å². The predicted octanol–water partition coefficient (Wildman–Crippen LogP) is 4.47. The van der Waals surface area contributed by atoms with Gasteiger partial charge in [-0.25, -0.2) is 9.37 Å². The van der Waals surface area contributed by atoms with E-state index in [0.29, 0.717) is 37.6 Å². The van der Waals surface area contributed by atoms with Gasteiger partial charge >= 0.3 is 0 Å². The number of hydrogen-bond donors (Lipinski definition) is 0. The van der Waals surface area contributed by atoms with E-state index >= 15 is 0 Å². The second-order valence-electron chi connectivity index (χ2n) is 6.82. The molecule has 28 heavy (non-hydrogen) atoms. The minimum atomic E-state index is -0.222. The predicted molar refractivity (Wildman–Crippen MR) is 111 cm³/mol. The van der Waals surface area contributed by atoms with Crippen molar-refractivity contribution in [1.82, 2.24) is 9.88 Å². The molecule has 1 saturated heterocycles. The molecule has 144 valence electrons. The van der Waals surface area contributed by atoms with E-state index in [2.05, 4.69) is 36.2 Å². The summed E-state index contributed by atoms with van der Waals surface area (Å²) in [6, 6.07) is 15.1. The van der Waals surface area contributed by atoms with Gasteiger partial charge in [-0.3, -0.25) is 4.79 Å². The number of thiazole rings is 1. The van der Waals surface area contributed by atoms with Gasteiger partial charge in [0.05, 0.1) is 5.69 Å². The van der Waals surface area contributed by atoms with Crippen LogP contribution in [0.4, 0.5) is 10.1 Å². The van der Waals surface area contributed by atoms with Gasteiger partial charge in [0.15, 0.2) is 0 Å². The second kappa shape index (κ2) is 8.10. The van der Waals surface area contributed by atoms with Gasteiger partial charge < -0.3 is 9.80 Å². The summed E-state index contributed by atoms with van der Waals surface area (Å²) in [6.07, 6.45) is 1.00. The number of amides is 1. The monoisotopic (exact) mass is 395 g/mol. The van der Waals surface area contributed by atoms with E-state index in [0.717, 1.165) is 17.0 Å². The number of aryl methyl sites for hydroxylation is 1. The molecule has 1 aromatic heterocycles. The fourth-order valence-electron chi connectivity index (χ4n) is 3.41. The molecule has 1 aliphatic heterocycles. The molecule has 0 atom stereocenters. The SMILES string of the molecule is CCc1ccc(-c2nc(C(=O)N3CCN(c4ccccc4F)CC3)cs2)cc1. The van der Waals surface area contributed by atoms with E-state index in [1.807, 2.05) is 16.3 Å². The molecule has 4 rings (SSSR count). The zero-order valence-electron chi connectivity index (χ0n) is 15.8. The third kappa shape index (κ3) is 3.78. The van der Waals surface area contributed by atoms with Crippen LogP contribution in [0.25, 0.3) is 10.6 Å². The van der Waals surface area contributed by atoms with Crippen LogP contribution in [0.5, 0.6) is 0 Å². The molecule has 3 aromatic rings. The third-order valence-electron chi connectivity index (χ3n) is 5.09. The molecule has 0 spiro atoms. The molecule has 0 N–H and O–H groups in total. The number of benzene rings is 2. The molecule has 1 aliphatic rings. The Morgan fingerprint density at radius 2 is 1.79 bits per heavy atom. The first-order valence-electron chi connectivity index (χ1n) is 9.49. The highest BCUT2D eigenvalue weighted by molar-refractivity contribution is 7.13. The zero-order valence-corrected chi connectivity index (χ0v) is 16.6. The lowest BCUT2D eigenvalue weighted by Crippen LogP contribution is -2.49. The quantitative estimate of drug-likeness (QED) is 0.654. The minimum absolute atomic E-state index is 0.0548. The van der Waals surface area contributed by atoms with Crippen LogP contribution in [-0.2, 0) is 6.42 Å². The second-order valence-corrected chi connectivity index (χ2v) is 7.68. The molecule has 1 amide bonds. The largest absolute Gasteiger partial charge is 0.366 e. The molecule has 0 bridgehead atoms. The van der Waals surface area contributed by atoms with Crippen molar-refractivity contribution in [3.05, 3.63) is 71.0 Å². The highest BCUT2D eigenvalue weighted by Crippen LogP contribution is 2.26. The lowest BCUT2D eigenvalue weighted by Gasteiger charge is -2.35. The van der Waals surface area contributed by atoms with Crippen LogP contribution in [0.3, 0.4) is 0 Å². The van der Waals surface area contributed by atoms with Crippen LogP contribution in [-0.4, -0.2) is 42.0 Å². The molecule has 0 unspecified atom stereocenters. The Balaban J connectivity index is 1.42. The van der Waals surface area contributed by atoms with Crippen molar-refractivity contribution in [2.45, 2.75) is 13.3 Å². The van der Waals surface area contributed by atoms with Gasteiger partial charge in [0, 0.05) is 37.1 Å². The molecule has 1 fully saturated rings. The minimum Gasteiger partial charge on any atom is -0.366 e. The van der Waals surface area contributed by atoms with Gasteiger partial charge in [0.2, 0.25) is 0 Å². The third-order valence-corrected chi connectivity index (χ3v) is 5.98. The molecule has 6 heteroatoms. The summed E-state index contributed by atoms with van der Waals surface area (Å²) in [5.74, 6) is -0.277. The summed E-state index contributed by atoms with van der Waals surface area (Å²) in [6.45, 7) is 4.47. The van der Waals surface area contributed by atoms with Crippen molar-refractivity contribution in [3.8, 4) is 10.6 Å². The van der Waals surface area contributed by atoms with E-state index in [4.69, 9.17) is 0 Å². The number of anilines is 1. The number of aromatic nitrogens is 1. The summed E-state index contributed by atoms with van der Waals surface area (Å²) in [4.78, 5) is 21.2. The van der Waals surface area contributed by atoms with Gasteiger partial charge in [0.25, 0.3) is 5.91 Å². The maximum Gasteiger partial charge on any atom is 0.273 e. The Labute approximate surface area is 168 Å². The van der Waals surface area contributed by atoms with E-state index in [-0.39, 0.29) is 11.7 Å². The van der Waals surface area contributed by atoms with Crippen LogP contribution >= 0.6 is 11.3 Å². The summed E-state index contributed by atoms with van der Waals surface area (Å²) < 4.78 is 14.0. The van der Waals surface area contributed by atoms with E-state index in [1.165, 1.54) is 23.0 Å². The number of carbonyl (C=O) groups excluding carboxylic acids is 1. The van der Waals surface area contributed by atoms with Crippen molar-refractivity contribution >= 4 is 22.9 Å². The summed E-state index contributed by atoms with van der Waals surface area (Å²) in [5, 5.41) is 2.69. The van der Waals surface area contributed by atoms with Crippen LogP contribution in [0.2, 0.25) is 0 Å². The Kier molecular flexibility index (Phi) is 5.39. The lowest BCUT2D eigenvalue weighted by atomic mass is 10.1. The number of para-hydroxylation sites is 1. The fourth-order valence-corrected chi connectivity index (χ4v) is 4.21. The number of hydrogen-bond acceptors (Lipinski definition) is 4. The topological polar surface area (TPSA) is 36.4 Å². The van der Waals surface area contributed by atoms with E-state index < -0.39 is 0 Å². The normalized spacial score (nSPS) is 14.4. The number of piperazine rings is 1. The molecular formula is C22H22FN3OS. The number of nitrogens with zero attached hydrogens (tertiary/aromatic N) is 3. The molecule has 2 heterocycles. The number of rotatable bonds is 4. The highest BCUT2D eigenvalue weighted by Gasteiger charge is 2.25. The molecule has 0 saturated carbocycles. The van der Waals surface area contributed by atoms with Crippen LogP contribution in [0.1, 0.15) is 23.0 Å². The van der Waals surface area contributed by atoms with E-state index in [1.54, 1.807) is 17.0 Å². The Morgan fingerprint density at radius 3 is 2.46 bits per heavy atom. The Hall–Kier alpha value is -2.73. The molecular weight excluding hydrogens is 373 g/mol. The van der Waals surface area contributed by atoms with Crippen molar-refractivity contribution in [2.75, 3.05) is 31.1 Å². The standard InChI is InChI=1S/C22H22FN3OS/c1-2-16-7-9-17(10-8-16)21-24-19(15-28-21)22(27)26-13-11-25(12-14-26)20-6-4-3-5-18(20)23/h3-10,15H,2,11-14H2,1H3. The highest BCUT2D eigenvalue weighted by atomic mass is 32.1. The molecule has 2 aromatic carbocycles. The summed E-state index contributed by atoms with van der Waals surface area (Å²) in [5.41, 5.74) is 3.40. The number of halogens is 1. The first-order valence-corrected chi connectivity index (χ1v) is 10.4. The molecule has 0 aliphatic carbocycles. The molecule has 4 nitrogen and oxygen atoms in total. The van der Waals surface area contributed by atoms with E-state index in [9.17, 15) is 9.18 Å². The van der Waals surface area contributed by atoms with Crippen LogP contribution in [0.15, 0.2) is 53.9 Å². The molecule has 0 radical (unpaired) electrons. The van der Waals surface area contributed by atoms with Gasteiger partial charge in [-0.1, -0.05) is 43.3 Å². The smallest absolute Gasteiger partial charge is 0.273 e. The maximum atomic E-state index is 14.0. The Morgan fingerprint density at radius 1 is 1.07 bits per heavy atom. The average molecular weight is 396 g/mol. The zero-order chi connectivity index (χ0) is 19.5. The van der Waals surface area contributed by atoms with Gasteiger partial charge in [0.1, 0.15) is 16.5 Å². The fraction of sp³-hybridized carbons (Fsp3) is 0.273. The van der Waals surface area contributed by atoms with Crippen molar-refractivity contribution < 1.29 is 9.18 Å². The van der Waals surface area contributed by atoms with Crippen molar-refractivity contribution in [1.29, 1.82) is 0 Å². The van der Waals surface area contributed by atoms with Gasteiger partial charge in [-0.2, -0.15) is 0 Å². The van der Waals surface area contributed by atoms with Crippen molar-refractivity contribution in [3.63, 3.8) is 0 Å². The van der Waals surface area contributed by atoms with Crippen LogP contribution in [0, 0.1) is 5.82 Å². The first-order chi connectivity index (χ1) is 13.7. The van der Waals surface area contributed by atoms with Crippen molar-refractivity contribution in [2.24, 2.45) is 0 Å². The number of carbonyl (C=O) groups is 1. The van der Waals surface area contributed by atoms with Gasteiger partial charge in [-0.05, 0) is 24.1 Å².